The van der Waals surface area contributed by atoms with Crippen molar-refractivity contribution in [2.45, 2.75) is 69.0 Å². The van der Waals surface area contributed by atoms with Gasteiger partial charge in [0.15, 0.2) is 14.5 Å². The minimum absolute atomic E-state index is 0.0560. The number of H-pyrrole nitrogens is 1. The summed E-state index contributed by atoms with van der Waals surface area (Å²) in [6.45, 7) is 6.26. The van der Waals surface area contributed by atoms with Crippen molar-refractivity contribution in [3.63, 3.8) is 0 Å². The summed E-state index contributed by atoms with van der Waals surface area (Å²) in [7, 11) is 0.945. The Kier molecular flexibility index (Phi) is 10.8. The summed E-state index contributed by atoms with van der Waals surface area (Å²) >= 11 is 0. The van der Waals surface area contributed by atoms with Crippen LogP contribution in [-0.2, 0) is 19.5 Å². The number of aromatic amines is 1. The van der Waals surface area contributed by atoms with Crippen molar-refractivity contribution in [2.24, 2.45) is 0 Å². The zero-order valence-electron chi connectivity index (χ0n) is 27.6. The highest BCUT2D eigenvalue weighted by Crippen LogP contribution is 2.43. The van der Waals surface area contributed by atoms with Gasteiger partial charge in [-0.2, -0.15) is 0 Å². The highest BCUT2D eigenvalue weighted by Gasteiger charge is 2.49. The Bertz CT molecular complexity index is 1660. The quantitative estimate of drug-likeness (QED) is 0.140. The van der Waals surface area contributed by atoms with Crippen LogP contribution >= 0.6 is 0 Å². The summed E-state index contributed by atoms with van der Waals surface area (Å²) in [4.78, 5) is 27.1. The van der Waals surface area contributed by atoms with Crippen LogP contribution in [0.3, 0.4) is 0 Å². The van der Waals surface area contributed by atoms with Crippen LogP contribution in [0.2, 0.25) is 19.1 Å². The van der Waals surface area contributed by atoms with Gasteiger partial charge < -0.3 is 28.5 Å². The number of methoxy groups -OCH3 is 2. The van der Waals surface area contributed by atoms with Gasteiger partial charge in [-0.25, -0.2) is 4.79 Å². The molecule has 1 fully saturated rings. The third-order valence-electron chi connectivity index (χ3n) is 8.66. The van der Waals surface area contributed by atoms with E-state index < -0.39 is 49.7 Å². The average Bonchev–Trinajstić information content (AvgIpc) is 3.38. The Morgan fingerprint density at radius 2 is 1.45 bits per heavy atom. The van der Waals surface area contributed by atoms with E-state index in [9.17, 15) is 14.7 Å². The summed E-state index contributed by atoms with van der Waals surface area (Å²) in [5.41, 5.74) is 0.214. The molecule has 0 unspecified atom stereocenters. The number of hydrogen-bond donors (Lipinski definition) is 2. The van der Waals surface area contributed by atoms with Gasteiger partial charge >= 0.3 is 5.69 Å². The number of aliphatic hydroxyl groups is 1. The third-order valence-corrected chi connectivity index (χ3v) is 11.1. The molecule has 3 aromatic carbocycles. The number of hydrogen-bond acceptors (Lipinski definition) is 8. The monoisotopic (exact) mass is 660 g/mol. The standard InChI is InChI=1S/C36H44N2O8Si/c1-6-7-23-47(4,5)46-33-32(40)30(45-34(33)38-22-21-31(39)37-35(38)41)24-44-36(25-11-9-8-10-12-25,26-13-17-28(42-2)18-14-26)27-15-19-29(43-3)20-16-27/h8-22,30,32-34,40H,6-7,23-24H2,1-5H3,(H,37,39,41)/t30-,32-,33-,34-/m1/s1. The van der Waals surface area contributed by atoms with E-state index in [0.717, 1.165) is 35.6 Å². The van der Waals surface area contributed by atoms with Gasteiger partial charge in [0.2, 0.25) is 0 Å². The van der Waals surface area contributed by atoms with Crippen molar-refractivity contribution in [2.75, 3.05) is 20.8 Å². The highest BCUT2D eigenvalue weighted by molar-refractivity contribution is 6.71. The van der Waals surface area contributed by atoms with Gasteiger partial charge in [0, 0.05) is 12.3 Å². The molecule has 0 amide bonds. The van der Waals surface area contributed by atoms with Crippen LogP contribution in [0.5, 0.6) is 11.5 Å². The fourth-order valence-electron chi connectivity index (χ4n) is 6.15. The second kappa shape index (κ2) is 14.8. The molecule has 1 aliphatic rings. The first kappa shape index (κ1) is 34.3. The lowest BCUT2D eigenvalue weighted by Gasteiger charge is -2.37. The Morgan fingerprint density at radius 3 is 1.98 bits per heavy atom. The van der Waals surface area contributed by atoms with Gasteiger partial charge in [0.1, 0.15) is 35.4 Å². The lowest BCUT2D eigenvalue weighted by molar-refractivity contribution is -0.0956. The van der Waals surface area contributed by atoms with Crippen LogP contribution in [0, 0.1) is 0 Å². The largest absolute Gasteiger partial charge is 0.497 e. The summed E-state index contributed by atoms with van der Waals surface area (Å²) in [5, 5.41) is 11.8. The van der Waals surface area contributed by atoms with E-state index in [1.54, 1.807) is 14.2 Å². The van der Waals surface area contributed by atoms with Crippen LogP contribution in [0.15, 0.2) is 101 Å². The van der Waals surface area contributed by atoms with E-state index in [4.69, 9.17) is 23.4 Å². The smallest absolute Gasteiger partial charge is 0.330 e. The lowest BCUT2D eigenvalue weighted by Crippen LogP contribution is -2.46. The molecule has 0 radical (unpaired) electrons. The fraction of sp³-hybridized carbons (Fsp3) is 0.389. The van der Waals surface area contributed by atoms with Gasteiger partial charge in [-0.3, -0.25) is 14.3 Å². The molecule has 5 rings (SSSR count). The molecular formula is C36H44N2O8Si. The molecular weight excluding hydrogens is 616 g/mol. The number of ether oxygens (including phenoxy) is 4. The van der Waals surface area contributed by atoms with E-state index in [1.807, 2.05) is 78.9 Å². The van der Waals surface area contributed by atoms with E-state index in [-0.39, 0.29) is 6.61 Å². The third kappa shape index (κ3) is 7.44. The molecule has 4 atom stereocenters. The normalized spacial score (nSPS) is 19.9. The van der Waals surface area contributed by atoms with Crippen molar-refractivity contribution in [3.8, 4) is 11.5 Å². The zero-order chi connectivity index (χ0) is 33.6. The van der Waals surface area contributed by atoms with Crippen molar-refractivity contribution in [1.82, 2.24) is 9.55 Å². The predicted molar refractivity (Wildman–Crippen MR) is 182 cm³/mol. The Morgan fingerprint density at radius 1 is 0.872 bits per heavy atom. The zero-order valence-corrected chi connectivity index (χ0v) is 28.6. The minimum atomic E-state index is -2.29. The van der Waals surface area contributed by atoms with E-state index in [1.165, 1.54) is 16.8 Å². The number of benzene rings is 3. The van der Waals surface area contributed by atoms with Crippen LogP contribution in [0.25, 0.3) is 0 Å². The second-order valence-corrected chi connectivity index (χ2v) is 16.6. The van der Waals surface area contributed by atoms with Crippen LogP contribution < -0.4 is 20.7 Å². The summed E-state index contributed by atoms with van der Waals surface area (Å²) in [6, 6.07) is 27.3. The molecule has 2 heterocycles. The first-order valence-electron chi connectivity index (χ1n) is 15.9. The summed E-state index contributed by atoms with van der Waals surface area (Å²) < 4.78 is 32.3. The Balaban J connectivity index is 1.57. The second-order valence-electron chi connectivity index (χ2n) is 12.3. The maximum Gasteiger partial charge on any atom is 0.330 e. The number of aromatic nitrogens is 2. The van der Waals surface area contributed by atoms with Gasteiger partial charge in [-0.1, -0.05) is 74.4 Å². The fourth-order valence-corrected chi connectivity index (χ4v) is 8.46. The van der Waals surface area contributed by atoms with Crippen LogP contribution in [0.4, 0.5) is 0 Å². The van der Waals surface area contributed by atoms with Gasteiger partial charge in [-0.15, -0.1) is 0 Å². The molecule has 0 aliphatic carbocycles. The molecule has 47 heavy (non-hydrogen) atoms. The average molecular weight is 661 g/mol. The SMILES string of the molecule is CCCC[Si](C)(C)O[C@@H]1[C@H](O)[C@@H](COC(c2ccccc2)(c2ccc(OC)cc2)c2ccc(OC)cc2)O[C@H]1n1ccc(=O)[nH]c1=O. The van der Waals surface area contributed by atoms with Crippen molar-refractivity contribution in [3.05, 3.63) is 129 Å². The Hall–Kier alpha value is -4.00. The van der Waals surface area contributed by atoms with E-state index in [2.05, 4.69) is 25.0 Å². The first-order chi connectivity index (χ1) is 22.6. The molecule has 2 N–H and O–H groups in total. The number of nitrogens with one attached hydrogen (secondary N) is 1. The van der Waals surface area contributed by atoms with E-state index >= 15 is 0 Å². The minimum Gasteiger partial charge on any atom is -0.497 e. The summed E-state index contributed by atoms with van der Waals surface area (Å²) in [6.07, 6.45) is -0.472. The predicted octanol–water partition coefficient (Wildman–Crippen LogP) is 5.21. The maximum atomic E-state index is 13.0. The number of unbranched alkanes of at least 4 members (excludes halogenated alkanes) is 1. The van der Waals surface area contributed by atoms with Crippen LogP contribution in [0.1, 0.15) is 42.7 Å². The molecule has 10 nitrogen and oxygen atoms in total. The molecule has 0 bridgehead atoms. The molecule has 1 aromatic heterocycles. The van der Waals surface area contributed by atoms with E-state index in [0.29, 0.717) is 11.5 Å². The number of aliphatic hydroxyl groups excluding tert-OH is 1. The Labute approximate surface area is 276 Å². The maximum absolute atomic E-state index is 13.0. The van der Waals surface area contributed by atoms with Crippen molar-refractivity contribution >= 4 is 8.32 Å². The first-order valence-corrected chi connectivity index (χ1v) is 19.0. The molecule has 4 aromatic rings. The van der Waals surface area contributed by atoms with Crippen LogP contribution in [-0.4, -0.2) is 62.1 Å². The lowest BCUT2D eigenvalue weighted by atomic mass is 9.80. The molecule has 1 saturated heterocycles. The topological polar surface area (TPSA) is 121 Å². The summed E-state index contributed by atoms with van der Waals surface area (Å²) in [5.74, 6) is 1.40. The highest BCUT2D eigenvalue weighted by atomic mass is 28.4. The number of nitrogens with zero attached hydrogens (tertiary/aromatic N) is 1. The number of rotatable bonds is 14. The van der Waals surface area contributed by atoms with Gasteiger partial charge in [-0.05, 0) is 60.1 Å². The molecule has 11 heteroatoms. The van der Waals surface area contributed by atoms with Crippen molar-refractivity contribution < 1.29 is 28.5 Å². The molecule has 0 saturated carbocycles. The van der Waals surface area contributed by atoms with Gasteiger partial charge in [0.05, 0.1) is 20.8 Å². The molecule has 250 valence electrons. The van der Waals surface area contributed by atoms with Gasteiger partial charge in [0.25, 0.3) is 5.56 Å². The molecule has 1 aliphatic heterocycles. The van der Waals surface area contributed by atoms with Crippen molar-refractivity contribution in [1.29, 1.82) is 0 Å². The molecule has 0 spiro atoms.